The molecular weight excluding hydrogens is 506 g/mol. The van der Waals surface area contributed by atoms with Gasteiger partial charge < -0.3 is 10.3 Å². The van der Waals surface area contributed by atoms with Gasteiger partial charge in [-0.3, -0.25) is 5.21 Å². The van der Waals surface area contributed by atoms with E-state index in [-0.39, 0.29) is 41.5 Å². The third-order valence-electron chi connectivity index (χ3n) is 2.97. The van der Waals surface area contributed by atoms with Crippen LogP contribution in [0.2, 0.25) is 0 Å². The van der Waals surface area contributed by atoms with Gasteiger partial charge in [0.25, 0.3) is 0 Å². The van der Waals surface area contributed by atoms with Gasteiger partial charge in [-0.1, -0.05) is 59.7 Å². The normalized spacial score (nSPS) is 13.6. The monoisotopic (exact) mass is 519 g/mol. The van der Waals surface area contributed by atoms with Crippen LogP contribution in [0, 0.1) is 5.21 Å². The maximum atomic E-state index is 12.3. The summed E-state index contributed by atoms with van der Waals surface area (Å²) in [6.07, 6.45) is 0. The molecule has 0 spiro atoms. The summed E-state index contributed by atoms with van der Waals surface area (Å²) in [6, 6.07) is 16.1. The summed E-state index contributed by atoms with van der Waals surface area (Å²) in [6.45, 7) is 0. The van der Waals surface area contributed by atoms with Crippen molar-refractivity contribution in [2.75, 3.05) is 10.1 Å². The Morgan fingerprint density at radius 2 is 1.45 bits per heavy atom. The van der Waals surface area contributed by atoms with Crippen LogP contribution in [0.4, 0.5) is 17.1 Å². The minimum atomic E-state index is -0.263. The number of hydrogen-bond acceptors (Lipinski definition) is 4. The van der Waals surface area contributed by atoms with E-state index >= 15 is 0 Å². The van der Waals surface area contributed by atoms with E-state index < -0.39 is 0 Å². The average Bonchev–Trinajstić information content (AvgIpc) is 2.62. The van der Waals surface area contributed by atoms with E-state index in [0.717, 1.165) is 8.70 Å². The molecule has 0 radical (unpaired) electrons. The van der Waals surface area contributed by atoms with Crippen LogP contribution in [0.3, 0.4) is 0 Å². The molecule has 114 valence electrons. The molecule has 0 amide bonds. The number of hydroxylamine groups is 1. The summed E-state index contributed by atoms with van der Waals surface area (Å²) in [5.41, 5.74) is 1.82. The van der Waals surface area contributed by atoms with Crippen LogP contribution in [0.1, 0.15) is 0 Å². The maximum absolute atomic E-state index is 12.3. The molecule has 0 bridgehead atoms. The van der Waals surface area contributed by atoms with E-state index in [1.165, 1.54) is 5.06 Å². The molecule has 1 aliphatic rings. The highest BCUT2D eigenvalue weighted by atomic mass is 127. The Kier molecular flexibility index (Phi) is 5.34. The van der Waals surface area contributed by atoms with Crippen LogP contribution < -0.4 is 10.1 Å². The second-order valence-electron chi connectivity index (χ2n) is 4.38. The third-order valence-corrected chi connectivity index (χ3v) is 9.39. The van der Waals surface area contributed by atoms with Gasteiger partial charge in [-0.05, 0) is 44.6 Å². The highest BCUT2D eigenvalue weighted by molar-refractivity contribution is 14.2. The largest absolute Gasteiger partial charge is 0.754 e. The summed E-state index contributed by atoms with van der Waals surface area (Å²) in [4.78, 5) is 0. The van der Waals surface area contributed by atoms with Gasteiger partial charge in [-0.25, -0.2) is 5.06 Å². The highest BCUT2D eigenvalue weighted by Gasteiger charge is 2.08. The Morgan fingerprint density at radius 1 is 0.818 bits per heavy atom. The first-order chi connectivity index (χ1) is 10.8. The van der Waals surface area contributed by atoms with Crippen molar-refractivity contribution in [1.82, 2.24) is 0 Å². The summed E-state index contributed by atoms with van der Waals surface area (Å²) in [7, 11) is 0. The van der Waals surface area contributed by atoms with E-state index in [0.29, 0.717) is 17.1 Å². The summed E-state index contributed by atoms with van der Waals surface area (Å²) < 4.78 is 7.56. The number of anilines is 3. The summed E-state index contributed by atoms with van der Waals surface area (Å²) >= 11 is -0.337. The van der Waals surface area contributed by atoms with Gasteiger partial charge in [0.2, 0.25) is 0 Å². The zero-order chi connectivity index (χ0) is 15.4. The molecule has 1 aliphatic heterocycles. The second-order valence-corrected chi connectivity index (χ2v) is 8.89. The molecular formula is C16H13I2N2O2-. The summed E-state index contributed by atoms with van der Waals surface area (Å²) in [5.74, 6) is 0. The molecule has 0 saturated carbocycles. The van der Waals surface area contributed by atoms with Gasteiger partial charge in [-0.2, -0.15) is 0 Å². The fourth-order valence-electron chi connectivity index (χ4n) is 1.89. The average molecular weight is 519 g/mol. The Bertz CT molecular complexity index is 728. The topological polar surface area (TPSA) is 49.8 Å². The van der Waals surface area contributed by atoms with Crippen LogP contribution in [0.5, 0.6) is 0 Å². The Balaban J connectivity index is 1.79. The van der Waals surface area contributed by atoms with Crippen LogP contribution >= 0.6 is 41.5 Å². The van der Waals surface area contributed by atoms with E-state index in [9.17, 15) is 10.4 Å². The minimum Gasteiger partial charge on any atom is -0.754 e. The van der Waals surface area contributed by atoms with Gasteiger partial charge in [-0.15, -0.1) is 0 Å². The van der Waals surface area contributed by atoms with Gasteiger partial charge in [0.05, 0.1) is 5.69 Å². The predicted octanol–water partition coefficient (Wildman–Crippen LogP) is 4.88. The van der Waals surface area contributed by atoms with Crippen molar-refractivity contribution in [3.63, 3.8) is 0 Å². The first-order valence-corrected chi connectivity index (χ1v) is 11.3. The fraction of sp³-hybridized carbons (Fsp3) is 0. The lowest BCUT2D eigenvalue weighted by Gasteiger charge is -2.31. The number of benzene rings is 2. The van der Waals surface area contributed by atoms with Crippen molar-refractivity contribution in [2.24, 2.45) is 0 Å². The molecule has 2 aromatic carbocycles. The minimum absolute atomic E-state index is 0.0738. The van der Waals surface area contributed by atoms with Gasteiger partial charge in [0.1, 0.15) is 3.63 Å². The molecule has 1 N–H and O–H groups in total. The number of para-hydroxylation sites is 1. The SMILES string of the molecule is [O-]N(c1ccccc1)c1ccc(N(O)C2=IC=CI=C2)cc1. The first-order valence-electron chi connectivity index (χ1n) is 6.47. The molecule has 0 fully saturated rings. The number of rotatable bonds is 4. The van der Waals surface area contributed by atoms with Gasteiger partial charge in [0.15, 0.2) is 0 Å². The molecule has 0 atom stereocenters. The van der Waals surface area contributed by atoms with Crippen LogP contribution in [-0.2, 0) is 0 Å². The van der Waals surface area contributed by atoms with Gasteiger partial charge >= 0.3 is 0 Å². The summed E-state index contributed by atoms with van der Waals surface area (Å²) in [5, 5.41) is 24.7. The Morgan fingerprint density at radius 3 is 2.09 bits per heavy atom. The van der Waals surface area contributed by atoms with Crippen LogP contribution in [0.15, 0.2) is 62.8 Å². The number of nitrogens with zero attached hydrogens (tertiary/aromatic N) is 2. The zero-order valence-corrected chi connectivity index (χ0v) is 15.7. The molecule has 3 rings (SSSR count). The molecule has 0 aliphatic carbocycles. The lowest BCUT2D eigenvalue weighted by Crippen LogP contribution is -2.26. The standard InChI is InChI=1S/C16H13I2N2O2/c21-19(13-4-2-1-3-5-13)14-6-8-15(9-7-14)20(22)16-12-17-10-11-18-16/h1-12,22H/q-1. The van der Waals surface area contributed by atoms with Crippen molar-refractivity contribution in [2.45, 2.75) is 0 Å². The predicted molar refractivity (Wildman–Crippen MR) is 111 cm³/mol. The molecule has 1 heterocycles. The van der Waals surface area contributed by atoms with Gasteiger partial charge in [0, 0.05) is 15.4 Å². The number of hydrogen-bond donors (Lipinski definition) is 1. The van der Waals surface area contributed by atoms with Crippen molar-refractivity contribution in [3.05, 3.63) is 68.0 Å². The molecule has 4 nitrogen and oxygen atoms in total. The quantitative estimate of drug-likeness (QED) is 0.463. The number of halogens is 2. The Hall–Kier alpha value is -1.10. The second kappa shape index (κ2) is 7.44. The van der Waals surface area contributed by atoms with Crippen molar-refractivity contribution < 1.29 is 5.21 Å². The van der Waals surface area contributed by atoms with E-state index in [4.69, 9.17) is 0 Å². The maximum Gasteiger partial charge on any atom is 0.107 e. The zero-order valence-electron chi connectivity index (χ0n) is 11.4. The van der Waals surface area contributed by atoms with E-state index in [1.54, 1.807) is 36.4 Å². The smallest absolute Gasteiger partial charge is 0.107 e. The first kappa shape index (κ1) is 15.8. The lowest BCUT2D eigenvalue weighted by molar-refractivity contribution is 0.317. The van der Waals surface area contributed by atoms with Crippen molar-refractivity contribution in [3.8, 4) is 0 Å². The van der Waals surface area contributed by atoms with Crippen LogP contribution in [-0.4, -0.2) is 12.9 Å². The lowest BCUT2D eigenvalue weighted by atomic mass is 10.2. The molecule has 0 saturated heterocycles. The molecule has 22 heavy (non-hydrogen) atoms. The fourth-order valence-corrected chi connectivity index (χ4v) is 7.78. The third kappa shape index (κ3) is 3.62. The molecule has 0 aromatic heterocycles. The molecule has 6 heteroatoms. The van der Waals surface area contributed by atoms with Crippen LogP contribution in [0.25, 0.3) is 0 Å². The van der Waals surface area contributed by atoms with E-state index in [2.05, 4.69) is 12.2 Å². The Labute approximate surface area is 148 Å². The molecule has 0 unspecified atom stereocenters. The highest BCUT2D eigenvalue weighted by Crippen LogP contribution is 2.27. The van der Waals surface area contributed by atoms with Crippen molar-refractivity contribution in [1.29, 1.82) is 0 Å². The van der Waals surface area contributed by atoms with E-state index in [1.807, 2.05) is 18.2 Å². The molecule has 2 aromatic rings. The van der Waals surface area contributed by atoms with Crippen molar-refractivity contribution >= 4 is 66.2 Å².